The zero-order chi connectivity index (χ0) is 12.3. The molecule has 0 aromatic heterocycles. The third-order valence-electron chi connectivity index (χ3n) is 3.23. The molecule has 94 valence electrons. The summed E-state index contributed by atoms with van der Waals surface area (Å²) >= 11 is 0. The SMILES string of the molecule is COc1cccc(C(O)C2CCCN2)c1OC. The number of aliphatic hydroxyl groups is 1. The lowest BCUT2D eigenvalue weighted by atomic mass is 10.00. The fraction of sp³-hybridized carbons (Fsp3) is 0.538. The first-order valence-electron chi connectivity index (χ1n) is 5.90. The zero-order valence-electron chi connectivity index (χ0n) is 10.3. The Morgan fingerprint density at radius 3 is 2.76 bits per heavy atom. The Bertz CT molecular complexity index is 375. The summed E-state index contributed by atoms with van der Waals surface area (Å²) in [7, 11) is 3.19. The first kappa shape index (κ1) is 12.2. The molecule has 4 heteroatoms. The van der Waals surface area contributed by atoms with Crippen LogP contribution in [0.2, 0.25) is 0 Å². The first-order chi connectivity index (χ1) is 8.27. The van der Waals surface area contributed by atoms with Crippen LogP contribution in [0, 0.1) is 0 Å². The summed E-state index contributed by atoms with van der Waals surface area (Å²) in [4.78, 5) is 0. The summed E-state index contributed by atoms with van der Waals surface area (Å²) in [5, 5.41) is 13.7. The second-order valence-electron chi connectivity index (χ2n) is 4.23. The maximum absolute atomic E-state index is 10.4. The highest BCUT2D eigenvalue weighted by molar-refractivity contribution is 5.48. The second kappa shape index (κ2) is 5.38. The van der Waals surface area contributed by atoms with Crippen molar-refractivity contribution in [3.63, 3.8) is 0 Å². The van der Waals surface area contributed by atoms with E-state index in [-0.39, 0.29) is 6.04 Å². The lowest BCUT2D eigenvalue weighted by Crippen LogP contribution is -2.29. The fourth-order valence-electron chi connectivity index (χ4n) is 2.34. The molecule has 2 atom stereocenters. The van der Waals surface area contributed by atoms with Gasteiger partial charge in [-0.25, -0.2) is 0 Å². The zero-order valence-corrected chi connectivity index (χ0v) is 10.3. The molecule has 1 fully saturated rings. The molecule has 2 unspecified atom stereocenters. The van der Waals surface area contributed by atoms with Gasteiger partial charge in [-0.3, -0.25) is 0 Å². The number of nitrogens with one attached hydrogen (secondary N) is 1. The summed E-state index contributed by atoms with van der Waals surface area (Å²) in [6, 6.07) is 5.69. The standard InChI is InChI=1S/C13H19NO3/c1-16-11-7-3-5-9(13(11)17-2)12(15)10-6-4-8-14-10/h3,5,7,10,12,14-15H,4,6,8H2,1-2H3. The number of benzene rings is 1. The molecular weight excluding hydrogens is 218 g/mol. The molecule has 0 bridgehead atoms. The van der Waals surface area contributed by atoms with E-state index in [0.29, 0.717) is 11.5 Å². The van der Waals surface area contributed by atoms with Gasteiger partial charge >= 0.3 is 0 Å². The van der Waals surface area contributed by atoms with Gasteiger partial charge in [0.2, 0.25) is 0 Å². The molecule has 0 spiro atoms. The number of hydrogen-bond acceptors (Lipinski definition) is 4. The number of methoxy groups -OCH3 is 2. The third-order valence-corrected chi connectivity index (χ3v) is 3.23. The molecule has 1 saturated heterocycles. The molecule has 1 aromatic carbocycles. The number of hydrogen-bond donors (Lipinski definition) is 2. The van der Waals surface area contributed by atoms with Crippen LogP contribution in [0.1, 0.15) is 24.5 Å². The molecule has 0 radical (unpaired) electrons. The van der Waals surface area contributed by atoms with Gasteiger partial charge in [0.15, 0.2) is 11.5 Å². The summed E-state index contributed by atoms with van der Waals surface area (Å²) in [6.07, 6.45) is 1.54. The van der Waals surface area contributed by atoms with E-state index in [1.165, 1.54) is 0 Å². The fourth-order valence-corrected chi connectivity index (χ4v) is 2.34. The van der Waals surface area contributed by atoms with E-state index in [9.17, 15) is 5.11 Å². The molecule has 1 aliphatic rings. The molecule has 1 aromatic rings. The van der Waals surface area contributed by atoms with Crippen LogP contribution in [-0.4, -0.2) is 31.9 Å². The first-order valence-corrected chi connectivity index (χ1v) is 5.90. The van der Waals surface area contributed by atoms with Crippen LogP contribution < -0.4 is 14.8 Å². The highest BCUT2D eigenvalue weighted by Gasteiger charge is 2.27. The monoisotopic (exact) mass is 237 g/mol. The summed E-state index contributed by atoms with van der Waals surface area (Å²) < 4.78 is 10.6. The molecule has 4 nitrogen and oxygen atoms in total. The molecule has 0 aliphatic carbocycles. The minimum atomic E-state index is -0.553. The predicted molar refractivity (Wildman–Crippen MR) is 65.5 cm³/mol. The molecule has 0 saturated carbocycles. The van der Waals surface area contributed by atoms with Crippen molar-refractivity contribution >= 4 is 0 Å². The molecule has 17 heavy (non-hydrogen) atoms. The largest absolute Gasteiger partial charge is 0.493 e. The van der Waals surface area contributed by atoms with Crippen LogP contribution in [0.5, 0.6) is 11.5 Å². The second-order valence-corrected chi connectivity index (χ2v) is 4.23. The van der Waals surface area contributed by atoms with Gasteiger partial charge in [0.05, 0.1) is 20.3 Å². The number of aliphatic hydroxyl groups excluding tert-OH is 1. The van der Waals surface area contributed by atoms with Crippen LogP contribution in [-0.2, 0) is 0 Å². The van der Waals surface area contributed by atoms with E-state index in [0.717, 1.165) is 24.9 Å². The number of ether oxygens (including phenoxy) is 2. The quantitative estimate of drug-likeness (QED) is 0.833. The molecule has 1 heterocycles. The van der Waals surface area contributed by atoms with Crippen LogP contribution in [0.15, 0.2) is 18.2 Å². The van der Waals surface area contributed by atoms with Crippen molar-refractivity contribution in [2.45, 2.75) is 25.0 Å². The minimum Gasteiger partial charge on any atom is -0.493 e. The van der Waals surface area contributed by atoms with Gasteiger partial charge in [0, 0.05) is 11.6 Å². The lowest BCUT2D eigenvalue weighted by molar-refractivity contribution is 0.133. The maximum Gasteiger partial charge on any atom is 0.166 e. The van der Waals surface area contributed by atoms with Crippen LogP contribution >= 0.6 is 0 Å². The van der Waals surface area contributed by atoms with Crippen molar-refractivity contribution in [2.24, 2.45) is 0 Å². The maximum atomic E-state index is 10.4. The summed E-state index contributed by atoms with van der Waals surface area (Å²) in [6.45, 7) is 0.966. The van der Waals surface area contributed by atoms with Crippen LogP contribution in [0.4, 0.5) is 0 Å². The predicted octanol–water partition coefficient (Wildman–Crippen LogP) is 1.49. The van der Waals surface area contributed by atoms with Crippen molar-refractivity contribution in [1.29, 1.82) is 0 Å². The average molecular weight is 237 g/mol. The van der Waals surface area contributed by atoms with Gasteiger partial charge in [0.25, 0.3) is 0 Å². The van der Waals surface area contributed by atoms with Crippen LogP contribution in [0.25, 0.3) is 0 Å². The Balaban J connectivity index is 2.29. The van der Waals surface area contributed by atoms with Gasteiger partial charge in [-0.1, -0.05) is 12.1 Å². The third kappa shape index (κ3) is 2.37. The van der Waals surface area contributed by atoms with E-state index in [2.05, 4.69) is 5.32 Å². The number of para-hydroxylation sites is 1. The highest BCUT2D eigenvalue weighted by atomic mass is 16.5. The van der Waals surface area contributed by atoms with E-state index in [4.69, 9.17) is 9.47 Å². The van der Waals surface area contributed by atoms with Gasteiger partial charge in [-0.15, -0.1) is 0 Å². The lowest BCUT2D eigenvalue weighted by Gasteiger charge is -2.21. The Kier molecular flexibility index (Phi) is 3.86. The Hall–Kier alpha value is -1.26. The molecular formula is C13H19NO3. The van der Waals surface area contributed by atoms with E-state index in [1.54, 1.807) is 14.2 Å². The minimum absolute atomic E-state index is 0.107. The smallest absolute Gasteiger partial charge is 0.166 e. The van der Waals surface area contributed by atoms with Gasteiger partial charge in [-0.2, -0.15) is 0 Å². The van der Waals surface area contributed by atoms with E-state index in [1.807, 2.05) is 18.2 Å². The van der Waals surface area contributed by atoms with Crippen molar-refractivity contribution in [1.82, 2.24) is 5.32 Å². The summed E-state index contributed by atoms with van der Waals surface area (Å²) in [5.74, 6) is 1.28. The topological polar surface area (TPSA) is 50.7 Å². The average Bonchev–Trinajstić information content (AvgIpc) is 2.90. The molecule has 1 aliphatic heterocycles. The molecule has 2 rings (SSSR count). The number of rotatable bonds is 4. The van der Waals surface area contributed by atoms with Gasteiger partial charge in [0.1, 0.15) is 0 Å². The summed E-state index contributed by atoms with van der Waals surface area (Å²) in [5.41, 5.74) is 0.784. The molecule has 2 N–H and O–H groups in total. The van der Waals surface area contributed by atoms with Crippen LogP contribution in [0.3, 0.4) is 0 Å². The van der Waals surface area contributed by atoms with Crippen molar-refractivity contribution in [3.05, 3.63) is 23.8 Å². The normalized spacial score (nSPS) is 21.2. The van der Waals surface area contributed by atoms with Gasteiger partial charge < -0.3 is 19.9 Å². The molecule has 0 amide bonds. The Labute approximate surface area is 102 Å². The van der Waals surface area contributed by atoms with Crippen molar-refractivity contribution in [3.8, 4) is 11.5 Å². The Morgan fingerprint density at radius 2 is 2.18 bits per heavy atom. The van der Waals surface area contributed by atoms with Crippen molar-refractivity contribution < 1.29 is 14.6 Å². The van der Waals surface area contributed by atoms with E-state index < -0.39 is 6.10 Å². The van der Waals surface area contributed by atoms with E-state index >= 15 is 0 Å². The highest BCUT2D eigenvalue weighted by Crippen LogP contribution is 2.36. The van der Waals surface area contributed by atoms with Crippen molar-refractivity contribution in [2.75, 3.05) is 20.8 Å². The Morgan fingerprint density at radius 1 is 1.35 bits per heavy atom. The van der Waals surface area contributed by atoms with Gasteiger partial charge in [-0.05, 0) is 25.5 Å².